The molecular formula is C20H23NO5. The van der Waals surface area contributed by atoms with Gasteiger partial charge >= 0.3 is 5.97 Å². The number of rotatable bonds is 8. The maximum atomic E-state index is 12.4. The van der Waals surface area contributed by atoms with E-state index in [2.05, 4.69) is 5.32 Å². The number of aliphatic carboxylic acids is 1. The van der Waals surface area contributed by atoms with Gasteiger partial charge in [-0.1, -0.05) is 29.8 Å². The normalized spacial score (nSPS) is 11.5. The number of carboxylic acid groups (broad SMARTS) is 1. The van der Waals surface area contributed by atoms with Crippen molar-refractivity contribution in [3.05, 3.63) is 53.6 Å². The maximum Gasteiger partial charge on any atom is 0.307 e. The summed E-state index contributed by atoms with van der Waals surface area (Å²) in [6.45, 7) is 1.97. The summed E-state index contributed by atoms with van der Waals surface area (Å²) in [5.74, 6) is -1.16. The Morgan fingerprint density at radius 3 is 2.35 bits per heavy atom. The summed E-state index contributed by atoms with van der Waals surface area (Å²) in [4.78, 5) is 23.9. The molecule has 1 amide bonds. The van der Waals surface area contributed by atoms with Crippen molar-refractivity contribution >= 4 is 17.6 Å². The van der Waals surface area contributed by atoms with Gasteiger partial charge < -0.3 is 19.9 Å². The Morgan fingerprint density at radius 1 is 1.08 bits per heavy atom. The van der Waals surface area contributed by atoms with E-state index in [9.17, 15) is 14.7 Å². The average Bonchev–Trinajstić information content (AvgIpc) is 2.62. The lowest BCUT2D eigenvalue weighted by molar-refractivity contribution is -0.143. The van der Waals surface area contributed by atoms with Crippen LogP contribution in [0.5, 0.6) is 11.5 Å². The molecule has 138 valence electrons. The Bertz CT molecular complexity index is 770. The number of amides is 1. The molecule has 0 heterocycles. The monoisotopic (exact) mass is 357 g/mol. The summed E-state index contributed by atoms with van der Waals surface area (Å²) < 4.78 is 10.4. The molecule has 1 unspecified atom stereocenters. The quantitative estimate of drug-likeness (QED) is 0.757. The number of methoxy groups -OCH3 is 2. The minimum atomic E-state index is -1.00. The number of aryl methyl sites for hydroxylation is 1. The lowest BCUT2D eigenvalue weighted by atomic mass is 9.95. The Hall–Kier alpha value is -3.02. The van der Waals surface area contributed by atoms with E-state index in [0.29, 0.717) is 17.2 Å². The third-order valence-corrected chi connectivity index (χ3v) is 4.06. The molecule has 26 heavy (non-hydrogen) atoms. The van der Waals surface area contributed by atoms with Crippen LogP contribution in [0.3, 0.4) is 0 Å². The SMILES string of the molecule is COc1ccc(OC)c(NC(=O)CC(Cc2ccc(C)cc2)C(=O)O)c1. The van der Waals surface area contributed by atoms with Crippen LogP contribution in [0.1, 0.15) is 17.5 Å². The van der Waals surface area contributed by atoms with Gasteiger partial charge in [0, 0.05) is 12.5 Å². The van der Waals surface area contributed by atoms with Crippen LogP contribution in [0.2, 0.25) is 0 Å². The van der Waals surface area contributed by atoms with Crippen molar-refractivity contribution in [2.75, 3.05) is 19.5 Å². The average molecular weight is 357 g/mol. The Labute approximate surface area is 152 Å². The number of anilines is 1. The molecule has 0 bridgehead atoms. The van der Waals surface area contributed by atoms with Gasteiger partial charge in [0.25, 0.3) is 0 Å². The molecule has 6 nitrogen and oxygen atoms in total. The van der Waals surface area contributed by atoms with Gasteiger partial charge in [-0.2, -0.15) is 0 Å². The van der Waals surface area contributed by atoms with E-state index in [1.807, 2.05) is 31.2 Å². The van der Waals surface area contributed by atoms with Gasteiger partial charge in [-0.15, -0.1) is 0 Å². The van der Waals surface area contributed by atoms with Crippen molar-refractivity contribution in [1.82, 2.24) is 0 Å². The number of ether oxygens (including phenoxy) is 2. The minimum Gasteiger partial charge on any atom is -0.497 e. The molecule has 0 aromatic heterocycles. The first-order valence-electron chi connectivity index (χ1n) is 8.23. The lowest BCUT2D eigenvalue weighted by Gasteiger charge is -2.15. The van der Waals surface area contributed by atoms with Crippen molar-refractivity contribution in [2.45, 2.75) is 19.8 Å². The zero-order valence-corrected chi connectivity index (χ0v) is 15.1. The van der Waals surface area contributed by atoms with Gasteiger partial charge in [-0.25, -0.2) is 0 Å². The number of carbonyl (C=O) groups is 2. The van der Waals surface area contributed by atoms with Crippen LogP contribution in [-0.4, -0.2) is 31.2 Å². The zero-order valence-electron chi connectivity index (χ0n) is 15.1. The third-order valence-electron chi connectivity index (χ3n) is 4.06. The van der Waals surface area contributed by atoms with Gasteiger partial charge in [0.1, 0.15) is 11.5 Å². The summed E-state index contributed by atoms with van der Waals surface area (Å²) in [5.41, 5.74) is 2.43. The van der Waals surface area contributed by atoms with Crippen LogP contribution in [0.15, 0.2) is 42.5 Å². The van der Waals surface area contributed by atoms with Crippen LogP contribution in [0, 0.1) is 12.8 Å². The molecule has 0 spiro atoms. The highest BCUT2D eigenvalue weighted by atomic mass is 16.5. The number of carboxylic acids is 1. The van der Waals surface area contributed by atoms with Gasteiger partial charge in [0.15, 0.2) is 0 Å². The Balaban J connectivity index is 2.08. The van der Waals surface area contributed by atoms with E-state index >= 15 is 0 Å². The molecule has 2 N–H and O–H groups in total. The number of hydrogen-bond donors (Lipinski definition) is 2. The molecule has 0 aliphatic heterocycles. The molecule has 0 saturated heterocycles. The summed E-state index contributed by atoms with van der Waals surface area (Å²) in [6.07, 6.45) is 0.155. The second kappa shape index (κ2) is 8.89. The van der Waals surface area contributed by atoms with Crippen molar-refractivity contribution in [3.63, 3.8) is 0 Å². The maximum absolute atomic E-state index is 12.4. The molecule has 2 aromatic rings. The topological polar surface area (TPSA) is 84.9 Å². The molecule has 0 fully saturated rings. The van der Waals surface area contributed by atoms with Crippen molar-refractivity contribution < 1.29 is 24.2 Å². The molecule has 0 aliphatic rings. The molecular weight excluding hydrogens is 334 g/mol. The van der Waals surface area contributed by atoms with E-state index in [-0.39, 0.29) is 12.8 Å². The molecule has 1 atom stereocenters. The standard InChI is InChI=1S/C20H23NO5/c1-13-4-6-14(7-5-13)10-15(20(23)24)11-19(22)21-17-12-16(25-2)8-9-18(17)26-3/h4-9,12,15H,10-11H2,1-3H3,(H,21,22)(H,23,24). The fourth-order valence-electron chi connectivity index (χ4n) is 2.59. The molecule has 2 aromatic carbocycles. The van der Waals surface area contributed by atoms with E-state index in [4.69, 9.17) is 9.47 Å². The van der Waals surface area contributed by atoms with Gasteiger partial charge in [-0.3, -0.25) is 9.59 Å². The fourth-order valence-corrected chi connectivity index (χ4v) is 2.59. The molecule has 0 aliphatic carbocycles. The number of benzene rings is 2. The number of carbonyl (C=O) groups excluding carboxylic acids is 1. The summed E-state index contributed by atoms with van der Waals surface area (Å²) >= 11 is 0. The fraction of sp³-hybridized carbons (Fsp3) is 0.300. The lowest BCUT2D eigenvalue weighted by Crippen LogP contribution is -2.24. The van der Waals surface area contributed by atoms with Crippen molar-refractivity contribution in [2.24, 2.45) is 5.92 Å². The highest BCUT2D eigenvalue weighted by Gasteiger charge is 2.22. The number of hydrogen-bond acceptors (Lipinski definition) is 4. The van der Waals surface area contributed by atoms with Gasteiger partial charge in [0.2, 0.25) is 5.91 Å². The van der Waals surface area contributed by atoms with Crippen LogP contribution in [0.25, 0.3) is 0 Å². The minimum absolute atomic E-state index is 0.135. The smallest absolute Gasteiger partial charge is 0.307 e. The number of nitrogens with one attached hydrogen (secondary N) is 1. The Kier molecular flexibility index (Phi) is 6.60. The van der Waals surface area contributed by atoms with Crippen LogP contribution < -0.4 is 14.8 Å². The molecule has 2 rings (SSSR count). The summed E-state index contributed by atoms with van der Waals surface area (Å²) in [5, 5.41) is 12.2. The van der Waals surface area contributed by atoms with Crippen LogP contribution in [-0.2, 0) is 16.0 Å². The predicted octanol–water partition coefficient (Wildman–Crippen LogP) is 3.28. The Morgan fingerprint density at radius 2 is 1.77 bits per heavy atom. The van der Waals surface area contributed by atoms with E-state index in [1.165, 1.54) is 14.2 Å². The first-order chi connectivity index (χ1) is 12.4. The summed E-state index contributed by atoms with van der Waals surface area (Å²) in [7, 11) is 3.02. The van der Waals surface area contributed by atoms with Crippen LogP contribution in [0.4, 0.5) is 5.69 Å². The second-order valence-electron chi connectivity index (χ2n) is 6.04. The van der Waals surface area contributed by atoms with Crippen molar-refractivity contribution in [1.29, 1.82) is 0 Å². The molecule has 0 radical (unpaired) electrons. The van der Waals surface area contributed by atoms with E-state index in [1.54, 1.807) is 18.2 Å². The van der Waals surface area contributed by atoms with Crippen LogP contribution >= 0.6 is 0 Å². The van der Waals surface area contributed by atoms with E-state index in [0.717, 1.165) is 11.1 Å². The van der Waals surface area contributed by atoms with E-state index < -0.39 is 17.8 Å². The predicted molar refractivity (Wildman–Crippen MR) is 98.8 cm³/mol. The third kappa shape index (κ3) is 5.24. The first-order valence-corrected chi connectivity index (χ1v) is 8.23. The zero-order chi connectivity index (χ0) is 19.1. The van der Waals surface area contributed by atoms with Crippen molar-refractivity contribution in [3.8, 4) is 11.5 Å². The molecule has 6 heteroatoms. The summed E-state index contributed by atoms with van der Waals surface area (Å²) in [6, 6.07) is 12.6. The first kappa shape index (κ1) is 19.3. The second-order valence-corrected chi connectivity index (χ2v) is 6.04. The highest BCUT2D eigenvalue weighted by molar-refractivity contribution is 5.94. The molecule has 0 saturated carbocycles. The van der Waals surface area contributed by atoms with Gasteiger partial charge in [0.05, 0.1) is 25.8 Å². The highest BCUT2D eigenvalue weighted by Crippen LogP contribution is 2.29. The van der Waals surface area contributed by atoms with Gasteiger partial charge in [-0.05, 0) is 31.0 Å². The largest absolute Gasteiger partial charge is 0.497 e.